The standard InChI is InChI=1S/C16H20/c1-11(2)14-7-5-6-8-16(14)15-10-9-12(3)13(15)4/h5-9,11H,10H2,1-4H3. The summed E-state index contributed by atoms with van der Waals surface area (Å²) in [5.41, 5.74) is 7.34. The van der Waals surface area contributed by atoms with Crippen molar-refractivity contribution in [2.75, 3.05) is 0 Å². The summed E-state index contributed by atoms with van der Waals surface area (Å²) in [6.07, 6.45) is 3.43. The summed E-state index contributed by atoms with van der Waals surface area (Å²) in [5, 5.41) is 0. The molecule has 0 heteroatoms. The van der Waals surface area contributed by atoms with Gasteiger partial charge in [0.15, 0.2) is 0 Å². The van der Waals surface area contributed by atoms with Gasteiger partial charge in [0, 0.05) is 0 Å². The van der Waals surface area contributed by atoms with Gasteiger partial charge in [-0.05, 0) is 48.5 Å². The van der Waals surface area contributed by atoms with Crippen LogP contribution in [0.2, 0.25) is 0 Å². The van der Waals surface area contributed by atoms with Gasteiger partial charge in [-0.3, -0.25) is 0 Å². The zero-order valence-electron chi connectivity index (χ0n) is 10.7. The summed E-state index contributed by atoms with van der Waals surface area (Å²) < 4.78 is 0. The molecule has 0 amide bonds. The van der Waals surface area contributed by atoms with E-state index in [2.05, 4.69) is 58.0 Å². The van der Waals surface area contributed by atoms with Gasteiger partial charge >= 0.3 is 0 Å². The van der Waals surface area contributed by atoms with E-state index in [0.29, 0.717) is 5.92 Å². The van der Waals surface area contributed by atoms with Gasteiger partial charge in [0.2, 0.25) is 0 Å². The fourth-order valence-electron chi connectivity index (χ4n) is 2.39. The van der Waals surface area contributed by atoms with Gasteiger partial charge in [0.25, 0.3) is 0 Å². The van der Waals surface area contributed by atoms with Crippen LogP contribution < -0.4 is 0 Å². The van der Waals surface area contributed by atoms with Gasteiger partial charge in [-0.25, -0.2) is 0 Å². The molecule has 0 N–H and O–H groups in total. The molecule has 0 atom stereocenters. The predicted octanol–water partition coefficient (Wildman–Crippen LogP) is 4.93. The zero-order chi connectivity index (χ0) is 11.7. The van der Waals surface area contributed by atoms with Crippen molar-refractivity contribution in [1.29, 1.82) is 0 Å². The molecule has 0 aliphatic heterocycles. The Labute approximate surface area is 98.7 Å². The third-order valence-corrected chi connectivity index (χ3v) is 3.56. The minimum Gasteiger partial charge on any atom is -0.0769 e. The van der Waals surface area contributed by atoms with Crippen LogP contribution in [0.25, 0.3) is 5.57 Å². The third-order valence-electron chi connectivity index (χ3n) is 3.56. The van der Waals surface area contributed by atoms with E-state index in [1.165, 1.54) is 27.8 Å². The molecule has 84 valence electrons. The van der Waals surface area contributed by atoms with Gasteiger partial charge in [0.1, 0.15) is 0 Å². The molecule has 1 aromatic carbocycles. The SMILES string of the molecule is CC1=CCC(c2ccccc2C(C)C)=C1C. The van der Waals surface area contributed by atoms with E-state index < -0.39 is 0 Å². The smallest absolute Gasteiger partial charge is 0.00829 e. The molecule has 0 fully saturated rings. The second-order valence-electron chi connectivity index (χ2n) is 4.94. The molecule has 1 aliphatic rings. The fraction of sp³-hybridized carbons (Fsp3) is 0.375. The minimum absolute atomic E-state index is 0.595. The van der Waals surface area contributed by atoms with Crippen LogP contribution in [0, 0.1) is 0 Å². The Morgan fingerprint density at radius 1 is 1.06 bits per heavy atom. The highest BCUT2D eigenvalue weighted by atomic mass is 14.2. The van der Waals surface area contributed by atoms with Crippen molar-refractivity contribution in [3.8, 4) is 0 Å². The molecule has 0 aromatic heterocycles. The lowest BCUT2D eigenvalue weighted by molar-refractivity contribution is 0.862. The van der Waals surface area contributed by atoms with Crippen molar-refractivity contribution in [2.24, 2.45) is 0 Å². The Hall–Kier alpha value is -1.30. The van der Waals surface area contributed by atoms with Crippen molar-refractivity contribution in [1.82, 2.24) is 0 Å². The summed E-state index contributed by atoms with van der Waals surface area (Å²) in [5.74, 6) is 0.595. The maximum atomic E-state index is 2.34. The maximum Gasteiger partial charge on any atom is -0.00829 e. The topological polar surface area (TPSA) is 0 Å². The van der Waals surface area contributed by atoms with Gasteiger partial charge < -0.3 is 0 Å². The van der Waals surface area contributed by atoms with Crippen LogP contribution in [-0.2, 0) is 0 Å². The largest absolute Gasteiger partial charge is 0.0769 e. The lowest BCUT2D eigenvalue weighted by atomic mass is 9.90. The second-order valence-corrected chi connectivity index (χ2v) is 4.94. The third kappa shape index (κ3) is 1.84. The van der Waals surface area contributed by atoms with E-state index in [0.717, 1.165) is 6.42 Å². The first-order valence-corrected chi connectivity index (χ1v) is 6.07. The first-order valence-electron chi connectivity index (χ1n) is 6.07. The number of rotatable bonds is 2. The molecule has 0 bridgehead atoms. The average Bonchev–Trinajstić information content (AvgIpc) is 2.60. The van der Waals surface area contributed by atoms with Crippen LogP contribution in [0.4, 0.5) is 0 Å². The van der Waals surface area contributed by atoms with Gasteiger partial charge in [-0.1, -0.05) is 49.8 Å². The number of benzene rings is 1. The van der Waals surface area contributed by atoms with Gasteiger partial charge in [-0.2, -0.15) is 0 Å². The van der Waals surface area contributed by atoms with E-state index in [1.54, 1.807) is 0 Å². The van der Waals surface area contributed by atoms with Crippen LogP contribution in [0.3, 0.4) is 0 Å². The van der Waals surface area contributed by atoms with Crippen molar-refractivity contribution in [3.05, 3.63) is 52.6 Å². The maximum absolute atomic E-state index is 2.34. The molecule has 0 nitrogen and oxygen atoms in total. The van der Waals surface area contributed by atoms with Crippen LogP contribution in [-0.4, -0.2) is 0 Å². The predicted molar refractivity (Wildman–Crippen MR) is 71.5 cm³/mol. The second kappa shape index (κ2) is 4.29. The van der Waals surface area contributed by atoms with E-state index in [1.807, 2.05) is 0 Å². The molecular formula is C16H20. The molecule has 0 saturated heterocycles. The first-order chi connectivity index (χ1) is 7.61. The van der Waals surface area contributed by atoms with Crippen LogP contribution in [0.5, 0.6) is 0 Å². The first kappa shape index (κ1) is 11.2. The highest BCUT2D eigenvalue weighted by Gasteiger charge is 2.16. The lowest BCUT2D eigenvalue weighted by Crippen LogP contribution is -1.95. The van der Waals surface area contributed by atoms with E-state index >= 15 is 0 Å². The Balaban J connectivity index is 2.50. The van der Waals surface area contributed by atoms with E-state index in [-0.39, 0.29) is 0 Å². The summed E-state index contributed by atoms with van der Waals surface area (Å²) in [6.45, 7) is 8.99. The lowest BCUT2D eigenvalue weighted by Gasteiger charge is -2.14. The minimum atomic E-state index is 0.595. The highest BCUT2D eigenvalue weighted by Crippen LogP contribution is 2.36. The van der Waals surface area contributed by atoms with Gasteiger partial charge in [-0.15, -0.1) is 0 Å². The summed E-state index contributed by atoms with van der Waals surface area (Å²) in [6, 6.07) is 8.81. The average molecular weight is 212 g/mol. The molecule has 1 aromatic rings. The Morgan fingerprint density at radius 2 is 1.75 bits per heavy atom. The molecule has 0 unspecified atom stereocenters. The van der Waals surface area contributed by atoms with Crippen molar-refractivity contribution >= 4 is 5.57 Å². The van der Waals surface area contributed by atoms with Crippen LogP contribution >= 0.6 is 0 Å². The summed E-state index contributed by atoms with van der Waals surface area (Å²) >= 11 is 0. The molecule has 16 heavy (non-hydrogen) atoms. The molecule has 0 heterocycles. The number of hydrogen-bond acceptors (Lipinski definition) is 0. The molecule has 0 spiro atoms. The Bertz CT molecular complexity index is 459. The van der Waals surface area contributed by atoms with Gasteiger partial charge in [0.05, 0.1) is 0 Å². The van der Waals surface area contributed by atoms with Crippen LogP contribution in [0.1, 0.15) is 51.2 Å². The molecular weight excluding hydrogens is 192 g/mol. The Kier molecular flexibility index (Phi) is 3.00. The number of allylic oxidation sites excluding steroid dienone is 4. The Morgan fingerprint density at radius 3 is 2.31 bits per heavy atom. The van der Waals surface area contributed by atoms with E-state index in [9.17, 15) is 0 Å². The number of hydrogen-bond donors (Lipinski definition) is 0. The van der Waals surface area contributed by atoms with Crippen molar-refractivity contribution < 1.29 is 0 Å². The van der Waals surface area contributed by atoms with Crippen molar-refractivity contribution in [3.63, 3.8) is 0 Å². The quantitative estimate of drug-likeness (QED) is 0.651. The van der Waals surface area contributed by atoms with Crippen molar-refractivity contribution in [2.45, 2.75) is 40.0 Å². The monoisotopic (exact) mass is 212 g/mol. The molecule has 0 saturated carbocycles. The van der Waals surface area contributed by atoms with Crippen LogP contribution in [0.15, 0.2) is 41.5 Å². The zero-order valence-corrected chi connectivity index (χ0v) is 10.7. The molecule has 0 radical (unpaired) electrons. The normalized spacial score (nSPS) is 15.9. The fourth-order valence-corrected chi connectivity index (χ4v) is 2.39. The summed E-state index contributed by atoms with van der Waals surface area (Å²) in [4.78, 5) is 0. The van der Waals surface area contributed by atoms with E-state index in [4.69, 9.17) is 0 Å². The molecule has 2 rings (SSSR count). The highest BCUT2D eigenvalue weighted by molar-refractivity contribution is 5.78. The molecule has 1 aliphatic carbocycles. The summed E-state index contributed by atoms with van der Waals surface area (Å²) in [7, 11) is 0.